The fourth-order valence-corrected chi connectivity index (χ4v) is 3.02. The van der Waals surface area contributed by atoms with Crippen LogP contribution in [0.3, 0.4) is 0 Å². The van der Waals surface area contributed by atoms with Crippen LogP contribution in [0.2, 0.25) is 0 Å². The number of nitrogens with one attached hydrogen (secondary N) is 1. The number of aromatic nitrogens is 2. The third kappa shape index (κ3) is 3.92. The first kappa shape index (κ1) is 17.2. The van der Waals surface area contributed by atoms with Crippen LogP contribution in [0.5, 0.6) is 5.75 Å². The topological polar surface area (TPSA) is 61.7 Å². The van der Waals surface area contributed by atoms with E-state index in [2.05, 4.69) is 32.0 Å². The molecule has 0 amide bonds. The summed E-state index contributed by atoms with van der Waals surface area (Å²) in [6, 6.07) is 14.0. The monoisotopic (exact) mass is 395 g/mol. The highest BCUT2D eigenvalue weighted by Crippen LogP contribution is 2.28. The number of aryl methyl sites for hydroxylation is 1. The van der Waals surface area contributed by atoms with Gasteiger partial charge in [0.1, 0.15) is 17.6 Å². The molecular formula is C20H18BrN3O. The highest BCUT2D eigenvalue weighted by molar-refractivity contribution is 9.10. The maximum Gasteiger partial charge on any atom is 0.149 e. The van der Waals surface area contributed by atoms with Crippen molar-refractivity contribution >= 4 is 38.6 Å². The number of fused-ring (bicyclic) bond motifs is 1. The van der Waals surface area contributed by atoms with Gasteiger partial charge in [0.05, 0.1) is 27.2 Å². The van der Waals surface area contributed by atoms with Crippen molar-refractivity contribution in [3.63, 3.8) is 0 Å². The number of benzene rings is 2. The van der Waals surface area contributed by atoms with Gasteiger partial charge in [-0.3, -0.25) is 0 Å². The minimum Gasteiger partial charge on any atom is -0.490 e. The number of imidazole rings is 1. The van der Waals surface area contributed by atoms with Crippen molar-refractivity contribution in [3.05, 3.63) is 57.8 Å². The lowest BCUT2D eigenvalue weighted by molar-refractivity contribution is 0.241. The molecule has 0 aliphatic heterocycles. The Kier molecular flexibility index (Phi) is 4.91. The van der Waals surface area contributed by atoms with Gasteiger partial charge in [0, 0.05) is 0 Å². The molecule has 0 aliphatic rings. The van der Waals surface area contributed by atoms with Crippen LogP contribution in [0, 0.1) is 18.3 Å². The van der Waals surface area contributed by atoms with E-state index in [9.17, 15) is 5.26 Å². The van der Waals surface area contributed by atoms with Crippen LogP contribution in [-0.2, 0) is 0 Å². The van der Waals surface area contributed by atoms with E-state index in [4.69, 9.17) is 4.74 Å². The number of halogens is 1. The Labute approximate surface area is 155 Å². The van der Waals surface area contributed by atoms with Gasteiger partial charge in [0.2, 0.25) is 0 Å². The van der Waals surface area contributed by atoms with Gasteiger partial charge in [-0.25, -0.2) is 4.98 Å². The number of hydrogen-bond donors (Lipinski definition) is 1. The summed E-state index contributed by atoms with van der Waals surface area (Å²) in [4.78, 5) is 7.74. The fraction of sp³-hybridized carbons (Fsp3) is 0.200. The zero-order valence-corrected chi connectivity index (χ0v) is 15.9. The number of nitriles is 1. The van der Waals surface area contributed by atoms with Gasteiger partial charge >= 0.3 is 0 Å². The molecular weight excluding hydrogens is 378 g/mol. The smallest absolute Gasteiger partial charge is 0.149 e. The molecule has 0 fully saturated rings. The van der Waals surface area contributed by atoms with E-state index >= 15 is 0 Å². The van der Waals surface area contributed by atoms with Gasteiger partial charge in [0.25, 0.3) is 0 Å². The maximum atomic E-state index is 9.55. The molecule has 0 bridgehead atoms. The number of aromatic amines is 1. The molecule has 0 saturated carbocycles. The number of H-pyrrole nitrogens is 1. The van der Waals surface area contributed by atoms with Crippen LogP contribution in [0.1, 0.15) is 30.8 Å². The molecule has 0 atom stereocenters. The molecule has 0 radical (unpaired) electrons. The zero-order chi connectivity index (χ0) is 18.0. The molecule has 0 saturated heterocycles. The molecule has 3 aromatic rings. The van der Waals surface area contributed by atoms with Gasteiger partial charge in [-0.1, -0.05) is 12.1 Å². The average molecular weight is 396 g/mol. The lowest BCUT2D eigenvalue weighted by Crippen LogP contribution is -2.05. The van der Waals surface area contributed by atoms with Crippen LogP contribution >= 0.6 is 15.9 Å². The maximum absolute atomic E-state index is 9.55. The number of nitrogens with zero attached hydrogens (tertiary/aromatic N) is 2. The van der Waals surface area contributed by atoms with Gasteiger partial charge < -0.3 is 9.72 Å². The van der Waals surface area contributed by atoms with Crippen molar-refractivity contribution in [2.45, 2.75) is 26.9 Å². The highest BCUT2D eigenvalue weighted by atomic mass is 79.9. The van der Waals surface area contributed by atoms with Gasteiger partial charge in [-0.2, -0.15) is 5.26 Å². The summed E-state index contributed by atoms with van der Waals surface area (Å²) in [7, 11) is 0. The Morgan fingerprint density at radius 3 is 2.76 bits per heavy atom. The van der Waals surface area contributed by atoms with E-state index < -0.39 is 0 Å². The second-order valence-corrected chi connectivity index (χ2v) is 6.99. The second kappa shape index (κ2) is 7.12. The molecule has 4 nitrogen and oxygen atoms in total. The third-order valence-electron chi connectivity index (χ3n) is 3.64. The Morgan fingerprint density at radius 1 is 1.28 bits per heavy atom. The molecule has 1 N–H and O–H groups in total. The summed E-state index contributed by atoms with van der Waals surface area (Å²) in [6.45, 7) is 5.99. The molecule has 3 rings (SSSR count). The number of allylic oxidation sites excluding steroid dienone is 1. The Bertz CT molecular complexity index is 996. The molecule has 1 heterocycles. The lowest BCUT2D eigenvalue weighted by Gasteiger charge is -2.11. The summed E-state index contributed by atoms with van der Waals surface area (Å²) in [5.74, 6) is 1.35. The fourth-order valence-electron chi connectivity index (χ4n) is 2.53. The predicted molar refractivity (Wildman–Crippen MR) is 104 cm³/mol. The van der Waals surface area contributed by atoms with E-state index in [1.54, 1.807) is 0 Å². The lowest BCUT2D eigenvalue weighted by atomic mass is 10.1. The molecule has 0 unspecified atom stereocenters. The number of ether oxygens (including phenoxy) is 1. The van der Waals surface area contributed by atoms with Crippen molar-refractivity contribution in [1.82, 2.24) is 9.97 Å². The largest absolute Gasteiger partial charge is 0.490 e. The van der Waals surface area contributed by atoms with E-state index in [1.165, 1.54) is 0 Å². The zero-order valence-electron chi connectivity index (χ0n) is 14.3. The normalized spacial score (nSPS) is 11.8. The first-order valence-corrected chi connectivity index (χ1v) is 8.80. The number of rotatable bonds is 4. The Morgan fingerprint density at radius 2 is 2.08 bits per heavy atom. The minimum absolute atomic E-state index is 0.103. The van der Waals surface area contributed by atoms with E-state index in [0.717, 1.165) is 32.4 Å². The van der Waals surface area contributed by atoms with Crippen molar-refractivity contribution in [3.8, 4) is 11.8 Å². The quantitative estimate of drug-likeness (QED) is 0.594. The van der Waals surface area contributed by atoms with Crippen LogP contribution < -0.4 is 4.74 Å². The summed E-state index contributed by atoms with van der Waals surface area (Å²) < 4.78 is 6.57. The first-order valence-electron chi connectivity index (χ1n) is 8.01. The minimum atomic E-state index is 0.103. The molecule has 1 aromatic heterocycles. The van der Waals surface area contributed by atoms with E-state index in [1.807, 2.05) is 63.2 Å². The third-order valence-corrected chi connectivity index (χ3v) is 4.26. The Balaban J connectivity index is 1.97. The molecule has 25 heavy (non-hydrogen) atoms. The molecule has 126 valence electrons. The van der Waals surface area contributed by atoms with Crippen molar-refractivity contribution in [2.24, 2.45) is 0 Å². The van der Waals surface area contributed by atoms with Crippen molar-refractivity contribution in [2.75, 3.05) is 0 Å². The first-order chi connectivity index (χ1) is 12.0. The number of hydrogen-bond acceptors (Lipinski definition) is 3. The van der Waals surface area contributed by atoms with Crippen LogP contribution in [-0.4, -0.2) is 16.1 Å². The van der Waals surface area contributed by atoms with Crippen LogP contribution in [0.4, 0.5) is 0 Å². The predicted octanol–water partition coefficient (Wildman–Crippen LogP) is 5.49. The van der Waals surface area contributed by atoms with E-state index in [-0.39, 0.29) is 6.10 Å². The van der Waals surface area contributed by atoms with Gasteiger partial charge in [-0.05, 0) is 78.2 Å². The summed E-state index contributed by atoms with van der Waals surface area (Å²) in [6.07, 6.45) is 1.92. The van der Waals surface area contributed by atoms with Crippen molar-refractivity contribution in [1.29, 1.82) is 5.26 Å². The second-order valence-electron chi connectivity index (χ2n) is 6.13. The van der Waals surface area contributed by atoms with Crippen LogP contribution in [0.15, 0.2) is 40.9 Å². The highest BCUT2D eigenvalue weighted by Gasteiger charge is 2.09. The summed E-state index contributed by atoms with van der Waals surface area (Å²) >= 11 is 3.52. The molecule has 5 heteroatoms. The summed E-state index contributed by atoms with van der Waals surface area (Å²) in [5.41, 5.74) is 4.31. The SMILES string of the molecule is Cc1ccc2nc(C(C#N)=Cc3ccc(OC(C)C)c(Br)c3)[nH]c2c1. The van der Waals surface area contributed by atoms with Gasteiger partial charge in [-0.15, -0.1) is 0 Å². The van der Waals surface area contributed by atoms with Crippen LogP contribution in [0.25, 0.3) is 22.7 Å². The molecule has 2 aromatic carbocycles. The van der Waals surface area contributed by atoms with Crippen molar-refractivity contribution < 1.29 is 4.74 Å². The Hall–Kier alpha value is -2.58. The van der Waals surface area contributed by atoms with E-state index in [0.29, 0.717) is 11.4 Å². The van der Waals surface area contributed by atoms with Gasteiger partial charge in [0.15, 0.2) is 0 Å². The summed E-state index contributed by atoms with van der Waals surface area (Å²) in [5, 5.41) is 9.55. The standard InChI is InChI=1S/C20H18BrN3O/c1-12(2)25-19-7-5-14(10-16(19)21)9-15(11-22)20-23-17-6-4-13(3)8-18(17)24-20/h4-10,12H,1-3H3,(H,23,24). The average Bonchev–Trinajstić information content (AvgIpc) is 2.97. The molecule has 0 aliphatic carbocycles. The molecule has 0 spiro atoms.